The highest BCUT2D eigenvalue weighted by molar-refractivity contribution is 14.1. The van der Waals surface area contributed by atoms with E-state index in [1.165, 1.54) is 12.1 Å². The fourth-order valence-corrected chi connectivity index (χ4v) is 4.46. The van der Waals surface area contributed by atoms with Crippen LogP contribution in [0.25, 0.3) is 11.6 Å². The number of nitrogens with zero attached hydrogens (tertiary/aromatic N) is 2. The van der Waals surface area contributed by atoms with Crippen molar-refractivity contribution >= 4 is 71.8 Å². The first-order chi connectivity index (χ1) is 14.4. The molecule has 0 radical (unpaired) electrons. The Balaban J connectivity index is 1.80. The van der Waals surface area contributed by atoms with Crippen LogP contribution in [0.1, 0.15) is 16.7 Å². The van der Waals surface area contributed by atoms with E-state index in [4.69, 9.17) is 4.74 Å². The molecule has 0 bridgehead atoms. The number of nitro benzene ring substituents is 1. The SMILES string of the molecule is N#C/C(=C/c1cc(Br)c(OCc2ccc([N+](=O)[O-])cc2)c(Br)c1)c1ccc(I)cc1. The second-order valence-electron chi connectivity index (χ2n) is 6.20. The first-order valence-corrected chi connectivity index (χ1v) is 11.3. The monoisotopic (exact) mass is 638 g/mol. The largest absolute Gasteiger partial charge is 0.487 e. The van der Waals surface area contributed by atoms with Gasteiger partial charge in [-0.3, -0.25) is 10.1 Å². The van der Waals surface area contributed by atoms with Gasteiger partial charge in [0.15, 0.2) is 0 Å². The van der Waals surface area contributed by atoms with Gasteiger partial charge in [0.2, 0.25) is 0 Å². The molecule has 0 aliphatic heterocycles. The number of hydrogen-bond acceptors (Lipinski definition) is 4. The maximum Gasteiger partial charge on any atom is 0.269 e. The first-order valence-electron chi connectivity index (χ1n) is 8.60. The Morgan fingerprint density at radius 1 is 1.10 bits per heavy atom. The van der Waals surface area contributed by atoms with Crippen LogP contribution in [0.4, 0.5) is 5.69 Å². The van der Waals surface area contributed by atoms with E-state index in [1.54, 1.807) is 12.1 Å². The molecule has 150 valence electrons. The lowest BCUT2D eigenvalue weighted by atomic mass is 10.0. The quantitative estimate of drug-likeness (QED) is 0.0928. The summed E-state index contributed by atoms with van der Waals surface area (Å²) < 4.78 is 8.45. The van der Waals surface area contributed by atoms with E-state index in [-0.39, 0.29) is 12.3 Å². The summed E-state index contributed by atoms with van der Waals surface area (Å²) in [7, 11) is 0. The normalized spacial score (nSPS) is 11.1. The third kappa shape index (κ3) is 5.68. The summed E-state index contributed by atoms with van der Waals surface area (Å²) in [5.74, 6) is 0.610. The van der Waals surface area contributed by atoms with Gasteiger partial charge in [-0.1, -0.05) is 12.1 Å². The number of non-ortho nitro benzene ring substituents is 1. The van der Waals surface area contributed by atoms with Gasteiger partial charge in [-0.15, -0.1) is 0 Å². The Bertz CT molecular complexity index is 1130. The molecule has 8 heteroatoms. The van der Waals surface area contributed by atoms with Crippen molar-refractivity contribution in [2.45, 2.75) is 6.61 Å². The lowest BCUT2D eigenvalue weighted by Crippen LogP contribution is -1.98. The Kier molecular flexibility index (Phi) is 7.64. The fraction of sp³-hybridized carbons (Fsp3) is 0.0455. The minimum absolute atomic E-state index is 0.0404. The van der Waals surface area contributed by atoms with Crippen molar-refractivity contribution in [2.24, 2.45) is 0 Å². The molecular weight excluding hydrogens is 627 g/mol. The van der Waals surface area contributed by atoms with Crippen molar-refractivity contribution in [3.05, 3.63) is 100.0 Å². The maximum atomic E-state index is 10.8. The van der Waals surface area contributed by atoms with E-state index in [0.717, 1.165) is 29.2 Å². The molecule has 0 aromatic heterocycles. The minimum Gasteiger partial charge on any atom is -0.487 e. The number of rotatable bonds is 6. The number of ether oxygens (including phenoxy) is 1. The van der Waals surface area contributed by atoms with Crippen molar-refractivity contribution in [1.29, 1.82) is 5.26 Å². The van der Waals surface area contributed by atoms with Gasteiger partial charge in [0, 0.05) is 15.7 Å². The molecule has 0 atom stereocenters. The Hall–Kier alpha value is -2.22. The third-order valence-electron chi connectivity index (χ3n) is 4.14. The highest BCUT2D eigenvalue weighted by Crippen LogP contribution is 2.36. The van der Waals surface area contributed by atoms with Crippen LogP contribution in [-0.4, -0.2) is 4.92 Å². The second kappa shape index (κ2) is 10.2. The molecule has 0 aliphatic rings. The summed E-state index contributed by atoms with van der Waals surface area (Å²) in [4.78, 5) is 10.3. The van der Waals surface area contributed by atoms with Crippen LogP contribution in [0.15, 0.2) is 69.6 Å². The van der Waals surface area contributed by atoms with E-state index in [0.29, 0.717) is 11.3 Å². The zero-order valence-electron chi connectivity index (χ0n) is 15.3. The maximum absolute atomic E-state index is 10.8. The highest BCUT2D eigenvalue weighted by atomic mass is 127. The molecule has 5 nitrogen and oxygen atoms in total. The molecule has 0 fully saturated rings. The van der Waals surface area contributed by atoms with Crippen molar-refractivity contribution in [2.75, 3.05) is 0 Å². The molecule has 0 spiro atoms. The van der Waals surface area contributed by atoms with Gasteiger partial charge in [-0.05, 0) is 114 Å². The molecule has 0 N–H and O–H groups in total. The predicted molar refractivity (Wildman–Crippen MR) is 132 cm³/mol. The van der Waals surface area contributed by atoms with Crippen LogP contribution >= 0.6 is 54.5 Å². The molecule has 0 saturated heterocycles. The zero-order valence-corrected chi connectivity index (χ0v) is 20.6. The van der Waals surface area contributed by atoms with Gasteiger partial charge in [0.05, 0.1) is 25.5 Å². The smallest absolute Gasteiger partial charge is 0.269 e. The van der Waals surface area contributed by atoms with Crippen LogP contribution in [0.2, 0.25) is 0 Å². The van der Waals surface area contributed by atoms with Gasteiger partial charge in [-0.25, -0.2) is 0 Å². The van der Waals surface area contributed by atoms with E-state index >= 15 is 0 Å². The van der Waals surface area contributed by atoms with Gasteiger partial charge >= 0.3 is 0 Å². The van der Waals surface area contributed by atoms with Crippen molar-refractivity contribution in [3.63, 3.8) is 0 Å². The van der Waals surface area contributed by atoms with Gasteiger partial charge in [0.1, 0.15) is 12.4 Å². The topological polar surface area (TPSA) is 76.2 Å². The first kappa shape index (κ1) is 22.5. The molecule has 3 rings (SSSR count). The Morgan fingerprint density at radius 2 is 1.70 bits per heavy atom. The molecule has 3 aromatic rings. The third-order valence-corrected chi connectivity index (χ3v) is 6.03. The fourth-order valence-electron chi connectivity index (χ4n) is 2.65. The van der Waals surface area contributed by atoms with Crippen LogP contribution in [-0.2, 0) is 6.61 Å². The molecule has 0 saturated carbocycles. The minimum atomic E-state index is -0.435. The van der Waals surface area contributed by atoms with Gasteiger partial charge in [-0.2, -0.15) is 5.26 Å². The zero-order chi connectivity index (χ0) is 21.7. The van der Waals surface area contributed by atoms with E-state index in [9.17, 15) is 15.4 Å². The number of nitro groups is 1. The van der Waals surface area contributed by atoms with Gasteiger partial charge in [0.25, 0.3) is 5.69 Å². The van der Waals surface area contributed by atoms with Crippen molar-refractivity contribution in [3.8, 4) is 11.8 Å². The van der Waals surface area contributed by atoms with E-state index in [2.05, 4.69) is 60.5 Å². The van der Waals surface area contributed by atoms with Crippen molar-refractivity contribution in [1.82, 2.24) is 0 Å². The number of nitriles is 1. The van der Waals surface area contributed by atoms with Crippen LogP contribution in [0, 0.1) is 25.0 Å². The lowest BCUT2D eigenvalue weighted by Gasteiger charge is -2.12. The summed E-state index contributed by atoms with van der Waals surface area (Å²) in [5.41, 5.74) is 3.10. The predicted octanol–water partition coefficient (Wildman–Crippen LogP) is 7.37. The molecule has 30 heavy (non-hydrogen) atoms. The van der Waals surface area contributed by atoms with E-state index < -0.39 is 4.92 Å². The van der Waals surface area contributed by atoms with Crippen molar-refractivity contribution < 1.29 is 9.66 Å². The summed E-state index contributed by atoms with van der Waals surface area (Å²) in [6, 6.07) is 20.0. The summed E-state index contributed by atoms with van der Waals surface area (Å²) >= 11 is 9.27. The van der Waals surface area contributed by atoms with Crippen LogP contribution in [0.5, 0.6) is 5.75 Å². The average Bonchev–Trinajstić information content (AvgIpc) is 2.72. The molecule has 0 heterocycles. The van der Waals surface area contributed by atoms with E-state index in [1.807, 2.05) is 42.5 Å². The van der Waals surface area contributed by atoms with Crippen LogP contribution < -0.4 is 4.74 Å². The summed E-state index contributed by atoms with van der Waals surface area (Å²) in [6.45, 7) is 0.260. The number of halogens is 3. The number of benzene rings is 3. The lowest BCUT2D eigenvalue weighted by molar-refractivity contribution is -0.384. The Morgan fingerprint density at radius 3 is 2.23 bits per heavy atom. The molecule has 0 amide bonds. The number of allylic oxidation sites excluding steroid dienone is 1. The summed E-state index contributed by atoms with van der Waals surface area (Å²) in [6.07, 6.45) is 1.82. The average molecular weight is 640 g/mol. The second-order valence-corrected chi connectivity index (χ2v) is 9.16. The van der Waals surface area contributed by atoms with Gasteiger partial charge < -0.3 is 4.74 Å². The highest BCUT2D eigenvalue weighted by Gasteiger charge is 2.11. The summed E-state index contributed by atoms with van der Waals surface area (Å²) in [5, 5.41) is 20.3. The number of hydrogen-bond donors (Lipinski definition) is 0. The molecule has 0 unspecified atom stereocenters. The molecule has 3 aromatic carbocycles. The molecular formula is C22H13Br2IN2O3. The van der Waals surface area contributed by atoms with Crippen LogP contribution in [0.3, 0.4) is 0 Å². The standard InChI is InChI=1S/C22H13Br2IN2O3/c23-20-10-15(9-17(12-26)16-3-5-18(25)6-4-16)11-21(24)22(20)30-13-14-1-7-19(8-2-14)27(28)29/h1-11H,13H2/b17-9-. The molecule has 0 aliphatic carbocycles. The Labute approximate surface area is 203 Å².